The third kappa shape index (κ3) is 5.01. The Balaban J connectivity index is 1.82. The van der Waals surface area contributed by atoms with Crippen LogP contribution in [0.5, 0.6) is 5.75 Å². The number of benzene rings is 1. The van der Waals surface area contributed by atoms with Crippen molar-refractivity contribution in [3.05, 3.63) is 45.9 Å². The fraction of sp³-hybridized carbons (Fsp3) is 0.231. The van der Waals surface area contributed by atoms with Crippen LogP contribution >= 0.6 is 11.3 Å². The molecule has 0 amide bonds. The van der Waals surface area contributed by atoms with Crippen molar-refractivity contribution in [1.82, 2.24) is 10.3 Å². The number of thiazole rings is 1. The predicted octanol–water partition coefficient (Wildman–Crippen LogP) is 3.03. The normalized spacial score (nSPS) is 11.4. The molecule has 22 heavy (non-hydrogen) atoms. The Morgan fingerprint density at radius 3 is 2.50 bits per heavy atom. The summed E-state index contributed by atoms with van der Waals surface area (Å²) in [6.07, 6.45) is -4.70. The van der Waals surface area contributed by atoms with Crippen molar-refractivity contribution in [2.45, 2.75) is 19.5 Å². The van der Waals surface area contributed by atoms with Gasteiger partial charge in [0.2, 0.25) is 0 Å². The van der Waals surface area contributed by atoms with Gasteiger partial charge in [-0.3, -0.25) is 0 Å². The van der Waals surface area contributed by atoms with Gasteiger partial charge >= 0.3 is 12.3 Å². The molecule has 118 valence electrons. The lowest BCUT2D eigenvalue weighted by Gasteiger charge is -2.09. The summed E-state index contributed by atoms with van der Waals surface area (Å²) in [6, 6.07) is 5.49. The van der Waals surface area contributed by atoms with Crippen molar-refractivity contribution < 1.29 is 27.8 Å². The van der Waals surface area contributed by atoms with E-state index in [4.69, 9.17) is 5.11 Å². The number of rotatable bonds is 6. The van der Waals surface area contributed by atoms with E-state index in [0.717, 1.165) is 5.56 Å². The number of hydrogen-bond acceptors (Lipinski definition) is 5. The van der Waals surface area contributed by atoms with Gasteiger partial charge in [-0.1, -0.05) is 12.1 Å². The molecule has 2 N–H and O–H groups in total. The van der Waals surface area contributed by atoms with Crippen LogP contribution in [0.1, 0.15) is 21.1 Å². The van der Waals surface area contributed by atoms with E-state index >= 15 is 0 Å². The molecular formula is C13H11F3N2O3S. The first-order valence-electron chi connectivity index (χ1n) is 6.06. The van der Waals surface area contributed by atoms with Gasteiger partial charge in [0.1, 0.15) is 10.8 Å². The van der Waals surface area contributed by atoms with E-state index in [1.807, 2.05) is 0 Å². The smallest absolute Gasteiger partial charge is 0.476 e. The molecule has 2 aromatic rings. The molecule has 1 aromatic heterocycles. The van der Waals surface area contributed by atoms with Gasteiger partial charge in [0.05, 0.1) is 0 Å². The number of carboxylic acid groups (broad SMARTS) is 1. The molecule has 1 aromatic carbocycles. The van der Waals surface area contributed by atoms with Crippen LogP contribution in [0, 0.1) is 0 Å². The van der Waals surface area contributed by atoms with Gasteiger partial charge in [0, 0.05) is 18.5 Å². The van der Waals surface area contributed by atoms with Gasteiger partial charge in [-0.15, -0.1) is 24.5 Å². The van der Waals surface area contributed by atoms with Gasteiger partial charge in [-0.25, -0.2) is 9.78 Å². The van der Waals surface area contributed by atoms with Crippen molar-refractivity contribution in [2.24, 2.45) is 0 Å². The highest BCUT2D eigenvalue weighted by atomic mass is 32.1. The lowest BCUT2D eigenvalue weighted by molar-refractivity contribution is -0.274. The van der Waals surface area contributed by atoms with Crippen LogP contribution in [0.4, 0.5) is 13.2 Å². The number of carboxylic acids is 1. The molecule has 0 aliphatic carbocycles. The highest BCUT2D eigenvalue weighted by Gasteiger charge is 2.30. The molecule has 0 saturated carbocycles. The second-order valence-electron chi connectivity index (χ2n) is 4.23. The molecule has 5 nitrogen and oxygen atoms in total. The van der Waals surface area contributed by atoms with E-state index in [-0.39, 0.29) is 11.4 Å². The number of halogens is 3. The first-order valence-corrected chi connectivity index (χ1v) is 6.94. The summed E-state index contributed by atoms with van der Waals surface area (Å²) in [5.74, 6) is -1.36. The number of nitrogens with zero attached hydrogens (tertiary/aromatic N) is 1. The van der Waals surface area contributed by atoms with Crippen LogP contribution in [0.15, 0.2) is 29.6 Å². The van der Waals surface area contributed by atoms with Crippen molar-refractivity contribution in [3.63, 3.8) is 0 Å². The lowest BCUT2D eigenvalue weighted by Crippen LogP contribution is -2.17. The summed E-state index contributed by atoms with van der Waals surface area (Å²) in [6.45, 7) is 0.785. The number of nitrogens with one attached hydrogen (secondary N) is 1. The van der Waals surface area contributed by atoms with Crippen LogP contribution in [-0.2, 0) is 13.1 Å². The Morgan fingerprint density at radius 2 is 1.95 bits per heavy atom. The number of carbonyl (C=O) groups is 1. The average Bonchev–Trinajstić information content (AvgIpc) is 2.88. The van der Waals surface area contributed by atoms with E-state index in [2.05, 4.69) is 15.0 Å². The van der Waals surface area contributed by atoms with Gasteiger partial charge in [0.15, 0.2) is 5.69 Å². The molecule has 9 heteroatoms. The third-order valence-corrected chi connectivity index (χ3v) is 3.38. The summed E-state index contributed by atoms with van der Waals surface area (Å²) in [5.41, 5.74) is 0.764. The average molecular weight is 332 g/mol. The van der Waals surface area contributed by atoms with Crippen molar-refractivity contribution in [2.75, 3.05) is 0 Å². The monoisotopic (exact) mass is 332 g/mol. The topological polar surface area (TPSA) is 71.5 Å². The maximum Gasteiger partial charge on any atom is 0.573 e. The largest absolute Gasteiger partial charge is 0.573 e. The fourth-order valence-electron chi connectivity index (χ4n) is 1.61. The summed E-state index contributed by atoms with van der Waals surface area (Å²) in [4.78, 5) is 14.6. The van der Waals surface area contributed by atoms with Crippen LogP contribution in [0.2, 0.25) is 0 Å². The highest BCUT2D eigenvalue weighted by Crippen LogP contribution is 2.22. The summed E-state index contributed by atoms with van der Waals surface area (Å²) >= 11 is 1.22. The van der Waals surface area contributed by atoms with Crippen LogP contribution in [0.3, 0.4) is 0 Å². The quantitative estimate of drug-likeness (QED) is 0.851. The Morgan fingerprint density at radius 1 is 1.27 bits per heavy atom. The van der Waals surface area contributed by atoms with Crippen LogP contribution in [0.25, 0.3) is 0 Å². The maximum atomic E-state index is 12.0. The molecule has 2 rings (SSSR count). The van der Waals surface area contributed by atoms with Crippen LogP contribution in [-0.4, -0.2) is 22.4 Å². The zero-order valence-corrected chi connectivity index (χ0v) is 11.9. The SMILES string of the molecule is O=C(O)c1csc(CNCc2ccc(OC(F)(F)F)cc2)n1. The second kappa shape index (κ2) is 6.75. The Labute approximate surface area is 127 Å². The minimum absolute atomic E-state index is 0.00421. The number of hydrogen-bond donors (Lipinski definition) is 2. The number of alkyl halides is 3. The minimum Gasteiger partial charge on any atom is -0.476 e. The van der Waals surface area contributed by atoms with Gasteiger partial charge in [-0.2, -0.15) is 0 Å². The Bertz CT molecular complexity index is 641. The fourth-order valence-corrected chi connectivity index (χ4v) is 2.35. The molecule has 0 saturated heterocycles. The Hall–Kier alpha value is -2.13. The number of aromatic nitrogens is 1. The van der Waals surface area contributed by atoms with E-state index in [1.165, 1.54) is 41.0 Å². The standard InChI is InChI=1S/C13H11F3N2O3S/c14-13(15,16)21-9-3-1-8(2-4-9)5-17-6-11-18-10(7-22-11)12(19)20/h1-4,7,17H,5-6H2,(H,19,20). The minimum atomic E-state index is -4.70. The highest BCUT2D eigenvalue weighted by molar-refractivity contribution is 7.09. The first kappa shape index (κ1) is 16.2. The number of aromatic carboxylic acids is 1. The summed E-state index contributed by atoms with van der Waals surface area (Å²) in [7, 11) is 0. The molecule has 0 bridgehead atoms. The molecule has 0 fully saturated rings. The van der Waals surface area contributed by atoms with Gasteiger partial charge in [0.25, 0.3) is 0 Å². The van der Waals surface area contributed by atoms with E-state index in [1.54, 1.807) is 0 Å². The van der Waals surface area contributed by atoms with E-state index in [0.29, 0.717) is 18.1 Å². The summed E-state index contributed by atoms with van der Waals surface area (Å²) in [5, 5.41) is 13.8. The molecule has 0 aliphatic rings. The zero-order chi connectivity index (χ0) is 16.2. The molecule has 0 spiro atoms. The van der Waals surface area contributed by atoms with Crippen LogP contribution < -0.4 is 10.1 Å². The van der Waals surface area contributed by atoms with Crippen molar-refractivity contribution in [1.29, 1.82) is 0 Å². The van der Waals surface area contributed by atoms with E-state index < -0.39 is 12.3 Å². The van der Waals surface area contributed by atoms with Crippen molar-refractivity contribution >= 4 is 17.3 Å². The first-order chi connectivity index (χ1) is 10.3. The molecular weight excluding hydrogens is 321 g/mol. The molecule has 0 unspecified atom stereocenters. The Kier molecular flexibility index (Phi) is 4.99. The maximum absolute atomic E-state index is 12.0. The second-order valence-corrected chi connectivity index (χ2v) is 5.17. The molecule has 0 aliphatic heterocycles. The number of ether oxygens (including phenoxy) is 1. The predicted molar refractivity (Wildman–Crippen MR) is 72.7 cm³/mol. The molecule has 0 radical (unpaired) electrons. The molecule has 1 heterocycles. The lowest BCUT2D eigenvalue weighted by atomic mass is 10.2. The van der Waals surface area contributed by atoms with Gasteiger partial charge < -0.3 is 15.2 Å². The van der Waals surface area contributed by atoms with Crippen molar-refractivity contribution in [3.8, 4) is 5.75 Å². The van der Waals surface area contributed by atoms with E-state index in [9.17, 15) is 18.0 Å². The third-order valence-electron chi connectivity index (χ3n) is 2.53. The summed E-state index contributed by atoms with van der Waals surface area (Å²) < 4.78 is 39.8. The molecule has 0 atom stereocenters. The zero-order valence-electron chi connectivity index (χ0n) is 11.1. The van der Waals surface area contributed by atoms with Gasteiger partial charge in [-0.05, 0) is 17.7 Å².